The Bertz CT molecular complexity index is 806. The number of rotatable bonds is 12. The van der Waals surface area contributed by atoms with Gasteiger partial charge in [0, 0.05) is 20.2 Å². The van der Waals surface area contributed by atoms with Crippen molar-refractivity contribution in [3.8, 4) is 23.0 Å². The largest absolute Gasteiger partial charge is 0.493 e. The zero-order valence-electron chi connectivity index (χ0n) is 19.4. The van der Waals surface area contributed by atoms with Gasteiger partial charge in [0.25, 0.3) is 0 Å². The standard InChI is InChI=1S/C23H33N3O5.HI/c1-6-24-23(25-15-17-7-9-19(10-8-17)31-12-11-27-2)26-16-18-13-20(28-3)22(30-5)21(14-18)29-4;/h7-10,13-14H,6,11-12,15-16H2,1-5H3,(H2,24,25,26);1H. The van der Waals surface area contributed by atoms with Crippen molar-refractivity contribution < 1.29 is 23.7 Å². The summed E-state index contributed by atoms with van der Waals surface area (Å²) in [5.74, 6) is 3.33. The first-order valence-electron chi connectivity index (χ1n) is 10.2. The highest BCUT2D eigenvalue weighted by Crippen LogP contribution is 2.38. The molecule has 0 aliphatic heterocycles. The summed E-state index contributed by atoms with van der Waals surface area (Å²) >= 11 is 0. The molecule has 0 radical (unpaired) electrons. The van der Waals surface area contributed by atoms with Crippen LogP contribution in [0.3, 0.4) is 0 Å². The van der Waals surface area contributed by atoms with Gasteiger partial charge in [-0.25, -0.2) is 4.99 Å². The van der Waals surface area contributed by atoms with E-state index in [0.717, 1.165) is 29.4 Å². The maximum Gasteiger partial charge on any atom is 0.203 e. The van der Waals surface area contributed by atoms with Crippen molar-refractivity contribution in [2.24, 2.45) is 4.99 Å². The predicted octanol–water partition coefficient (Wildman–Crippen LogP) is 3.61. The van der Waals surface area contributed by atoms with Crippen LogP contribution in [-0.2, 0) is 17.8 Å². The van der Waals surface area contributed by atoms with Gasteiger partial charge in [0.15, 0.2) is 17.5 Å². The second-order valence-electron chi connectivity index (χ2n) is 6.57. The molecule has 0 saturated heterocycles. The molecule has 0 aliphatic carbocycles. The van der Waals surface area contributed by atoms with E-state index in [0.29, 0.717) is 43.6 Å². The van der Waals surface area contributed by atoms with Crippen LogP contribution in [0.4, 0.5) is 0 Å². The molecule has 0 heterocycles. The molecule has 0 aromatic heterocycles. The number of benzene rings is 2. The monoisotopic (exact) mass is 559 g/mol. The molecule has 32 heavy (non-hydrogen) atoms. The summed E-state index contributed by atoms with van der Waals surface area (Å²) in [5, 5.41) is 6.61. The van der Waals surface area contributed by atoms with Gasteiger partial charge >= 0.3 is 0 Å². The van der Waals surface area contributed by atoms with E-state index >= 15 is 0 Å². The molecule has 8 nitrogen and oxygen atoms in total. The Morgan fingerprint density at radius 1 is 0.844 bits per heavy atom. The Morgan fingerprint density at radius 2 is 1.50 bits per heavy atom. The maximum absolute atomic E-state index is 5.60. The summed E-state index contributed by atoms with van der Waals surface area (Å²) in [6.07, 6.45) is 0. The summed E-state index contributed by atoms with van der Waals surface area (Å²) in [6, 6.07) is 11.8. The van der Waals surface area contributed by atoms with E-state index in [4.69, 9.17) is 23.7 Å². The predicted molar refractivity (Wildman–Crippen MR) is 137 cm³/mol. The van der Waals surface area contributed by atoms with E-state index in [1.54, 1.807) is 28.4 Å². The molecule has 0 amide bonds. The number of guanidine groups is 1. The first-order chi connectivity index (χ1) is 15.1. The van der Waals surface area contributed by atoms with Crippen molar-refractivity contribution in [2.75, 3.05) is 48.2 Å². The summed E-state index contributed by atoms with van der Waals surface area (Å²) < 4.78 is 26.8. The lowest BCUT2D eigenvalue weighted by molar-refractivity contribution is 0.146. The van der Waals surface area contributed by atoms with E-state index in [9.17, 15) is 0 Å². The molecule has 0 atom stereocenters. The van der Waals surface area contributed by atoms with E-state index in [2.05, 4.69) is 15.6 Å². The molecule has 9 heteroatoms. The lowest BCUT2D eigenvalue weighted by Gasteiger charge is -2.14. The van der Waals surface area contributed by atoms with Crippen LogP contribution in [0.25, 0.3) is 0 Å². The Balaban J connectivity index is 0.00000512. The number of halogens is 1. The molecule has 178 valence electrons. The molecule has 0 spiro atoms. The maximum atomic E-state index is 5.60. The minimum absolute atomic E-state index is 0. The van der Waals surface area contributed by atoms with Crippen LogP contribution in [0.2, 0.25) is 0 Å². The van der Waals surface area contributed by atoms with Crippen LogP contribution in [0, 0.1) is 0 Å². The van der Waals surface area contributed by atoms with Crippen molar-refractivity contribution in [3.63, 3.8) is 0 Å². The zero-order valence-corrected chi connectivity index (χ0v) is 21.7. The summed E-state index contributed by atoms with van der Waals surface area (Å²) in [5.41, 5.74) is 2.07. The van der Waals surface area contributed by atoms with Gasteiger partial charge in [0.1, 0.15) is 12.4 Å². The Kier molecular flexibility index (Phi) is 13.3. The molecule has 2 aromatic rings. The van der Waals surface area contributed by atoms with Crippen molar-refractivity contribution >= 4 is 29.9 Å². The molecule has 2 aromatic carbocycles. The van der Waals surface area contributed by atoms with Gasteiger partial charge in [-0.2, -0.15) is 0 Å². The molecule has 2 N–H and O–H groups in total. The van der Waals surface area contributed by atoms with Crippen LogP contribution < -0.4 is 29.6 Å². The van der Waals surface area contributed by atoms with Gasteiger partial charge in [-0.3, -0.25) is 0 Å². The first-order valence-corrected chi connectivity index (χ1v) is 10.2. The second-order valence-corrected chi connectivity index (χ2v) is 6.57. The van der Waals surface area contributed by atoms with E-state index in [1.165, 1.54) is 0 Å². The van der Waals surface area contributed by atoms with Crippen molar-refractivity contribution in [3.05, 3.63) is 47.5 Å². The number of aliphatic imine (C=N–C) groups is 1. The number of nitrogens with zero attached hydrogens (tertiary/aromatic N) is 1. The molecule has 0 aliphatic rings. The molecule has 0 saturated carbocycles. The number of ether oxygens (including phenoxy) is 5. The third kappa shape index (κ3) is 8.62. The van der Waals surface area contributed by atoms with Gasteiger partial charge in [-0.1, -0.05) is 12.1 Å². The zero-order chi connectivity index (χ0) is 22.5. The Morgan fingerprint density at radius 3 is 2.03 bits per heavy atom. The average molecular weight is 559 g/mol. The van der Waals surface area contributed by atoms with Crippen LogP contribution in [0.1, 0.15) is 18.1 Å². The fourth-order valence-corrected chi connectivity index (χ4v) is 2.87. The van der Waals surface area contributed by atoms with Gasteiger partial charge < -0.3 is 34.3 Å². The minimum atomic E-state index is 0. The quantitative estimate of drug-likeness (QED) is 0.178. The SMILES string of the molecule is CCNC(=NCc1cc(OC)c(OC)c(OC)c1)NCc1ccc(OCCOC)cc1.I. The highest BCUT2D eigenvalue weighted by Gasteiger charge is 2.13. The fourth-order valence-electron chi connectivity index (χ4n) is 2.87. The number of methoxy groups -OCH3 is 4. The number of nitrogens with one attached hydrogen (secondary N) is 2. The molecule has 0 bridgehead atoms. The van der Waals surface area contributed by atoms with Crippen LogP contribution in [0.15, 0.2) is 41.4 Å². The lowest BCUT2D eigenvalue weighted by atomic mass is 10.2. The number of hydrogen-bond acceptors (Lipinski definition) is 6. The third-order valence-corrected chi connectivity index (χ3v) is 4.43. The van der Waals surface area contributed by atoms with Crippen LogP contribution in [0.5, 0.6) is 23.0 Å². The van der Waals surface area contributed by atoms with Crippen LogP contribution in [-0.4, -0.2) is 54.2 Å². The topological polar surface area (TPSA) is 82.6 Å². The third-order valence-electron chi connectivity index (χ3n) is 4.43. The van der Waals surface area contributed by atoms with Crippen molar-refractivity contribution in [1.29, 1.82) is 0 Å². The van der Waals surface area contributed by atoms with E-state index in [-0.39, 0.29) is 24.0 Å². The normalized spacial score (nSPS) is 10.7. The van der Waals surface area contributed by atoms with E-state index < -0.39 is 0 Å². The number of hydrogen-bond donors (Lipinski definition) is 2. The molecule has 2 rings (SSSR count). The smallest absolute Gasteiger partial charge is 0.203 e. The second kappa shape index (κ2) is 15.4. The Hall–Kier alpha value is -2.40. The lowest BCUT2D eigenvalue weighted by Crippen LogP contribution is -2.36. The molecular formula is C23H34IN3O5. The summed E-state index contributed by atoms with van der Waals surface area (Å²) in [4.78, 5) is 4.68. The van der Waals surface area contributed by atoms with Crippen molar-refractivity contribution in [2.45, 2.75) is 20.0 Å². The van der Waals surface area contributed by atoms with Gasteiger partial charge in [-0.05, 0) is 42.3 Å². The Labute approximate surface area is 207 Å². The average Bonchev–Trinajstić information content (AvgIpc) is 2.81. The highest BCUT2D eigenvalue weighted by atomic mass is 127. The van der Waals surface area contributed by atoms with Gasteiger partial charge in [0.2, 0.25) is 5.75 Å². The molecule has 0 unspecified atom stereocenters. The first kappa shape index (κ1) is 27.6. The summed E-state index contributed by atoms with van der Waals surface area (Å²) in [7, 11) is 6.45. The highest BCUT2D eigenvalue weighted by molar-refractivity contribution is 14.0. The minimum Gasteiger partial charge on any atom is -0.493 e. The van der Waals surface area contributed by atoms with E-state index in [1.807, 2.05) is 43.3 Å². The molecular weight excluding hydrogens is 525 g/mol. The van der Waals surface area contributed by atoms with Crippen molar-refractivity contribution in [1.82, 2.24) is 10.6 Å². The fraction of sp³-hybridized carbons (Fsp3) is 0.435. The molecule has 0 fully saturated rings. The van der Waals surface area contributed by atoms with Gasteiger partial charge in [0.05, 0.1) is 34.5 Å². The van der Waals surface area contributed by atoms with Gasteiger partial charge in [-0.15, -0.1) is 24.0 Å². The van der Waals surface area contributed by atoms with Crippen LogP contribution >= 0.6 is 24.0 Å². The summed E-state index contributed by atoms with van der Waals surface area (Å²) in [6.45, 7) is 4.98.